The zero-order chi connectivity index (χ0) is 21.3. The predicted molar refractivity (Wildman–Crippen MR) is 119 cm³/mol. The first kappa shape index (κ1) is 20.1. The van der Waals surface area contributed by atoms with E-state index in [9.17, 15) is 8.42 Å². The lowest BCUT2D eigenvalue weighted by atomic mass is 10.1. The van der Waals surface area contributed by atoms with Crippen LogP contribution in [0.15, 0.2) is 71.9 Å². The number of rotatable bonds is 6. The highest BCUT2D eigenvalue weighted by Gasteiger charge is 2.08. The molecule has 2 heterocycles. The van der Waals surface area contributed by atoms with E-state index >= 15 is 0 Å². The number of nitrogens with zero attached hydrogens (tertiary/aromatic N) is 3. The van der Waals surface area contributed by atoms with Crippen LogP contribution >= 0.6 is 0 Å². The highest BCUT2D eigenvalue weighted by atomic mass is 32.2. The summed E-state index contributed by atoms with van der Waals surface area (Å²) in [6, 6.07) is 16.3. The molecule has 3 N–H and O–H groups in total. The third-order valence-corrected chi connectivity index (χ3v) is 5.59. The van der Waals surface area contributed by atoms with Crippen molar-refractivity contribution >= 4 is 32.4 Å². The molecule has 154 valence electrons. The number of primary sulfonamides is 1. The lowest BCUT2D eigenvalue weighted by Gasteiger charge is -2.08. The second-order valence-corrected chi connectivity index (χ2v) is 9.20. The summed E-state index contributed by atoms with van der Waals surface area (Å²) in [5.74, 6) is 1.21. The molecule has 0 unspecified atom stereocenters. The van der Waals surface area contributed by atoms with Gasteiger partial charge in [0, 0.05) is 29.4 Å². The van der Waals surface area contributed by atoms with Crippen LogP contribution in [0.1, 0.15) is 13.8 Å². The summed E-state index contributed by atoms with van der Waals surface area (Å²) in [4.78, 5) is 4.72. The van der Waals surface area contributed by atoms with Gasteiger partial charge in [0.15, 0.2) is 0 Å². The smallest absolute Gasteiger partial charge is 0.238 e. The summed E-state index contributed by atoms with van der Waals surface area (Å²) in [6.45, 7) is 5.23. The Kier molecular flexibility index (Phi) is 5.27. The van der Waals surface area contributed by atoms with E-state index in [0.717, 1.165) is 34.3 Å². The number of fused-ring (bicyclic) bond motifs is 1. The summed E-state index contributed by atoms with van der Waals surface area (Å²) in [5, 5.41) is 13.8. The van der Waals surface area contributed by atoms with Crippen molar-refractivity contribution in [2.75, 3.05) is 5.32 Å². The van der Waals surface area contributed by atoms with Crippen LogP contribution in [0, 0.1) is 5.92 Å². The Labute approximate surface area is 175 Å². The van der Waals surface area contributed by atoms with E-state index in [4.69, 9.17) is 5.14 Å². The van der Waals surface area contributed by atoms with Crippen molar-refractivity contribution in [3.05, 3.63) is 67.0 Å². The molecule has 4 aromatic rings. The van der Waals surface area contributed by atoms with Crippen LogP contribution in [0.3, 0.4) is 0 Å². The van der Waals surface area contributed by atoms with Gasteiger partial charge in [-0.25, -0.2) is 18.5 Å². The average molecular weight is 422 g/mol. The van der Waals surface area contributed by atoms with E-state index in [2.05, 4.69) is 41.5 Å². The molecule has 0 aliphatic heterocycles. The van der Waals surface area contributed by atoms with Crippen molar-refractivity contribution in [1.82, 2.24) is 14.8 Å². The number of sulfonamides is 1. The molecule has 0 fully saturated rings. The molecule has 0 amide bonds. The fourth-order valence-corrected chi connectivity index (χ4v) is 3.75. The van der Waals surface area contributed by atoms with Crippen LogP contribution in [0.2, 0.25) is 0 Å². The first-order chi connectivity index (χ1) is 14.3. The molecule has 0 aliphatic carbocycles. The van der Waals surface area contributed by atoms with E-state index in [-0.39, 0.29) is 4.90 Å². The Hall–Kier alpha value is -3.23. The Morgan fingerprint density at radius 3 is 2.50 bits per heavy atom. The third kappa shape index (κ3) is 4.50. The minimum absolute atomic E-state index is 0.0729. The van der Waals surface area contributed by atoms with Gasteiger partial charge >= 0.3 is 0 Å². The second kappa shape index (κ2) is 7.89. The van der Waals surface area contributed by atoms with Gasteiger partial charge in [-0.3, -0.25) is 4.68 Å². The Balaban J connectivity index is 1.55. The molecule has 2 aromatic carbocycles. The fraction of sp³-hybridized carbons (Fsp3) is 0.182. The van der Waals surface area contributed by atoms with Crippen LogP contribution in [0.4, 0.5) is 11.5 Å². The van der Waals surface area contributed by atoms with Gasteiger partial charge in [-0.05, 0) is 60.0 Å². The van der Waals surface area contributed by atoms with Crippen LogP contribution in [-0.4, -0.2) is 23.2 Å². The summed E-state index contributed by atoms with van der Waals surface area (Å²) in [7, 11) is -3.70. The number of aromatic nitrogens is 3. The lowest BCUT2D eigenvalue weighted by molar-refractivity contribution is 0.483. The number of hydrogen-bond acceptors (Lipinski definition) is 5. The first-order valence-electron chi connectivity index (χ1n) is 9.61. The molecular formula is C22H23N5O2S. The predicted octanol–water partition coefficient (Wildman–Crippen LogP) is 4.15. The zero-order valence-corrected chi connectivity index (χ0v) is 17.6. The van der Waals surface area contributed by atoms with E-state index in [1.807, 2.05) is 35.1 Å². The lowest BCUT2D eigenvalue weighted by Crippen LogP contribution is -2.11. The molecule has 30 heavy (non-hydrogen) atoms. The molecule has 0 saturated carbocycles. The SMILES string of the molecule is CC(C)Cn1cc(-c2ccc3nc(Nc4ccc(S(N)(=O)=O)cc4)ccc3c2)cn1. The molecular weight excluding hydrogens is 398 g/mol. The van der Waals surface area contributed by atoms with Crippen LogP contribution in [-0.2, 0) is 16.6 Å². The zero-order valence-electron chi connectivity index (χ0n) is 16.8. The quantitative estimate of drug-likeness (QED) is 0.487. The van der Waals surface area contributed by atoms with Crippen molar-refractivity contribution in [3.8, 4) is 11.1 Å². The van der Waals surface area contributed by atoms with Gasteiger partial charge in [0.25, 0.3) is 0 Å². The maximum absolute atomic E-state index is 11.4. The maximum Gasteiger partial charge on any atom is 0.238 e. The van der Waals surface area contributed by atoms with Crippen molar-refractivity contribution in [2.45, 2.75) is 25.3 Å². The molecule has 8 heteroatoms. The number of hydrogen-bond donors (Lipinski definition) is 2. The summed E-state index contributed by atoms with van der Waals surface area (Å²) in [6.07, 6.45) is 3.95. The number of nitrogens with one attached hydrogen (secondary N) is 1. The van der Waals surface area contributed by atoms with Crippen molar-refractivity contribution in [1.29, 1.82) is 0 Å². The summed E-state index contributed by atoms with van der Waals surface area (Å²) >= 11 is 0. The molecule has 2 aromatic heterocycles. The van der Waals surface area contributed by atoms with Crippen molar-refractivity contribution < 1.29 is 8.42 Å². The van der Waals surface area contributed by atoms with Crippen LogP contribution < -0.4 is 10.5 Å². The van der Waals surface area contributed by atoms with Crippen molar-refractivity contribution in [2.24, 2.45) is 11.1 Å². The monoisotopic (exact) mass is 421 g/mol. The molecule has 7 nitrogen and oxygen atoms in total. The highest BCUT2D eigenvalue weighted by Crippen LogP contribution is 2.25. The number of anilines is 2. The van der Waals surface area contributed by atoms with Gasteiger partial charge in [0.2, 0.25) is 10.0 Å². The van der Waals surface area contributed by atoms with Crippen LogP contribution in [0.5, 0.6) is 0 Å². The molecule has 4 rings (SSSR count). The first-order valence-corrected chi connectivity index (χ1v) is 11.2. The number of benzene rings is 2. The third-order valence-electron chi connectivity index (χ3n) is 4.66. The van der Waals surface area contributed by atoms with Gasteiger partial charge in [-0.1, -0.05) is 19.9 Å². The Bertz CT molecular complexity index is 1290. The standard InChI is InChI=1S/C22H23N5O2S/c1-15(2)13-27-14-18(12-24-27)16-3-9-21-17(11-16)4-10-22(26-21)25-19-5-7-20(8-6-19)30(23,28)29/h3-12,14-15H,13H2,1-2H3,(H,25,26)(H2,23,28,29). The van der Waals surface area contributed by atoms with Gasteiger partial charge in [0.1, 0.15) is 5.82 Å². The molecule has 0 atom stereocenters. The molecule has 0 aliphatic rings. The molecule has 0 bridgehead atoms. The van der Waals surface area contributed by atoms with Crippen LogP contribution in [0.25, 0.3) is 22.0 Å². The van der Waals surface area contributed by atoms with Crippen molar-refractivity contribution in [3.63, 3.8) is 0 Å². The van der Waals surface area contributed by atoms with E-state index in [1.54, 1.807) is 12.1 Å². The topological polar surface area (TPSA) is 103 Å². The molecule has 0 spiro atoms. The Morgan fingerprint density at radius 1 is 1.03 bits per heavy atom. The van der Waals surface area contributed by atoms with E-state index < -0.39 is 10.0 Å². The second-order valence-electron chi connectivity index (χ2n) is 7.64. The number of pyridine rings is 1. The highest BCUT2D eigenvalue weighted by molar-refractivity contribution is 7.89. The van der Waals surface area contributed by atoms with Gasteiger partial charge in [-0.15, -0.1) is 0 Å². The minimum Gasteiger partial charge on any atom is -0.340 e. The molecule has 0 radical (unpaired) electrons. The largest absolute Gasteiger partial charge is 0.340 e. The summed E-state index contributed by atoms with van der Waals surface area (Å²) < 4.78 is 24.7. The molecule has 0 saturated heterocycles. The van der Waals surface area contributed by atoms with Gasteiger partial charge in [0.05, 0.1) is 16.6 Å². The Morgan fingerprint density at radius 2 is 1.80 bits per heavy atom. The summed E-state index contributed by atoms with van der Waals surface area (Å²) in [5.41, 5.74) is 3.76. The normalized spacial score (nSPS) is 11.9. The van der Waals surface area contributed by atoms with E-state index in [1.165, 1.54) is 12.1 Å². The average Bonchev–Trinajstić information content (AvgIpc) is 3.15. The van der Waals surface area contributed by atoms with Gasteiger partial charge in [-0.2, -0.15) is 5.10 Å². The maximum atomic E-state index is 11.4. The minimum atomic E-state index is -3.70. The van der Waals surface area contributed by atoms with Gasteiger partial charge < -0.3 is 5.32 Å². The fourth-order valence-electron chi connectivity index (χ4n) is 3.24. The van der Waals surface area contributed by atoms with E-state index in [0.29, 0.717) is 11.7 Å². The number of nitrogens with two attached hydrogens (primary N) is 1.